The summed E-state index contributed by atoms with van der Waals surface area (Å²) in [6.45, 7) is 1.71. The number of rotatable bonds is 9. The number of aliphatic carboxylic acids is 1. The average molecular weight is 451 g/mol. The Kier molecular flexibility index (Phi) is 7.29. The molecule has 170 valence electrons. The predicted molar refractivity (Wildman–Crippen MR) is 118 cm³/mol. The minimum absolute atomic E-state index is 0.0961. The van der Waals surface area contributed by atoms with Gasteiger partial charge in [0.1, 0.15) is 6.04 Å². The predicted octanol–water partition coefficient (Wildman–Crippen LogP) is 3.06. The minimum atomic E-state index is -1.50. The molecule has 1 amide bonds. The van der Waals surface area contributed by atoms with Crippen molar-refractivity contribution in [2.75, 3.05) is 6.61 Å². The molecule has 0 bridgehead atoms. The molecule has 10 nitrogen and oxygen atoms in total. The summed E-state index contributed by atoms with van der Waals surface area (Å²) in [6, 6.07) is 12.0. The number of nitrogens with zero attached hydrogens (tertiary/aromatic N) is 2. The normalized spacial score (nSPS) is 12.5. The molecule has 0 aliphatic rings. The molecule has 0 fully saturated rings. The van der Waals surface area contributed by atoms with Gasteiger partial charge in [-0.2, -0.15) is 0 Å². The van der Waals surface area contributed by atoms with E-state index < -0.39 is 34.7 Å². The molecular formula is C23H21N3O7. The maximum atomic E-state index is 13.1. The van der Waals surface area contributed by atoms with Crippen molar-refractivity contribution in [3.05, 3.63) is 82.0 Å². The van der Waals surface area contributed by atoms with E-state index in [1.807, 2.05) is 0 Å². The Morgan fingerprint density at radius 1 is 1.12 bits per heavy atom. The van der Waals surface area contributed by atoms with Gasteiger partial charge in [0, 0.05) is 29.6 Å². The molecular weight excluding hydrogens is 430 g/mol. The van der Waals surface area contributed by atoms with E-state index in [-0.39, 0.29) is 24.3 Å². The van der Waals surface area contributed by atoms with Gasteiger partial charge in [-0.3, -0.25) is 24.7 Å². The molecule has 1 aromatic heterocycles. The third kappa shape index (κ3) is 5.48. The third-order valence-electron chi connectivity index (χ3n) is 5.07. The molecule has 0 aliphatic carbocycles. The number of nitro groups is 1. The first-order valence-electron chi connectivity index (χ1n) is 10.1. The van der Waals surface area contributed by atoms with Gasteiger partial charge in [0.15, 0.2) is 0 Å². The number of amides is 1. The molecule has 0 spiro atoms. The molecule has 1 heterocycles. The smallest absolute Gasteiger partial charge is 0.326 e. The summed E-state index contributed by atoms with van der Waals surface area (Å²) in [6.07, 6.45) is 1.10. The monoisotopic (exact) mass is 451 g/mol. The van der Waals surface area contributed by atoms with Crippen LogP contribution in [-0.2, 0) is 14.3 Å². The topological polar surface area (TPSA) is 149 Å². The number of nitrogens with one attached hydrogen (secondary N) is 1. The highest BCUT2D eigenvalue weighted by molar-refractivity contribution is 6.07. The Morgan fingerprint density at radius 3 is 2.45 bits per heavy atom. The summed E-state index contributed by atoms with van der Waals surface area (Å²) in [5.41, 5.74) is 0.939. The van der Waals surface area contributed by atoms with E-state index in [0.29, 0.717) is 16.5 Å². The Bertz CT molecular complexity index is 1190. The van der Waals surface area contributed by atoms with Crippen molar-refractivity contribution in [1.29, 1.82) is 0 Å². The number of carboxylic acids is 1. The lowest BCUT2D eigenvalue weighted by atomic mass is 9.88. The lowest BCUT2D eigenvalue weighted by Gasteiger charge is -2.25. The van der Waals surface area contributed by atoms with Gasteiger partial charge < -0.3 is 15.2 Å². The Balaban J connectivity index is 1.97. The Labute approximate surface area is 188 Å². The SMILES string of the molecule is CCOC(=O)C[C@@H](c1ccc([N+](=O)[O-])cc1)[C@@H](NC(=O)c1ccnc2ccccc12)C(=O)O. The van der Waals surface area contributed by atoms with Gasteiger partial charge in [0.2, 0.25) is 0 Å². The summed E-state index contributed by atoms with van der Waals surface area (Å²) >= 11 is 0. The molecule has 33 heavy (non-hydrogen) atoms. The standard InChI is InChI=1S/C23H21N3O7/c1-2-33-20(27)13-18(14-7-9-15(10-8-14)26(31)32)21(23(29)30)25-22(28)17-11-12-24-19-6-4-3-5-16(17)19/h3-12,18,21H,2,13H2,1H3,(H,25,28)(H,29,30)/t18-,21+/m0/s1. The largest absolute Gasteiger partial charge is 0.480 e. The number of hydrogen-bond donors (Lipinski definition) is 2. The maximum Gasteiger partial charge on any atom is 0.326 e. The molecule has 3 aromatic rings. The molecule has 0 saturated heterocycles. The van der Waals surface area contributed by atoms with Gasteiger partial charge in [-0.15, -0.1) is 0 Å². The zero-order chi connectivity index (χ0) is 24.0. The molecule has 2 aromatic carbocycles. The van der Waals surface area contributed by atoms with Crippen molar-refractivity contribution in [3.8, 4) is 0 Å². The zero-order valence-electron chi connectivity index (χ0n) is 17.6. The Hall–Kier alpha value is -4.34. The van der Waals surface area contributed by atoms with Crippen LogP contribution in [-0.4, -0.2) is 45.5 Å². The summed E-state index contributed by atoms with van der Waals surface area (Å²) in [4.78, 5) is 52.0. The fourth-order valence-electron chi connectivity index (χ4n) is 3.52. The quantitative estimate of drug-likeness (QED) is 0.286. The highest BCUT2D eigenvalue weighted by Gasteiger charge is 2.34. The number of carbonyl (C=O) groups is 3. The molecule has 2 atom stereocenters. The van der Waals surface area contributed by atoms with Crippen LogP contribution < -0.4 is 5.32 Å². The number of carboxylic acid groups (broad SMARTS) is 1. The molecule has 0 saturated carbocycles. The van der Waals surface area contributed by atoms with E-state index in [0.717, 1.165) is 0 Å². The van der Waals surface area contributed by atoms with Crippen LogP contribution in [0, 0.1) is 10.1 Å². The average Bonchev–Trinajstić information content (AvgIpc) is 2.80. The van der Waals surface area contributed by atoms with Crippen LogP contribution in [0.25, 0.3) is 10.9 Å². The number of esters is 1. The van der Waals surface area contributed by atoms with Crippen molar-refractivity contribution in [1.82, 2.24) is 10.3 Å². The van der Waals surface area contributed by atoms with Crippen molar-refractivity contribution in [2.45, 2.75) is 25.3 Å². The highest BCUT2D eigenvalue weighted by atomic mass is 16.6. The van der Waals surface area contributed by atoms with Gasteiger partial charge in [-0.1, -0.05) is 30.3 Å². The molecule has 0 aliphatic heterocycles. The van der Waals surface area contributed by atoms with E-state index >= 15 is 0 Å². The van der Waals surface area contributed by atoms with Crippen LogP contribution in [0.5, 0.6) is 0 Å². The van der Waals surface area contributed by atoms with Crippen LogP contribution in [0.3, 0.4) is 0 Å². The van der Waals surface area contributed by atoms with Gasteiger partial charge in [-0.05, 0) is 24.6 Å². The van der Waals surface area contributed by atoms with Crippen molar-refractivity contribution >= 4 is 34.4 Å². The molecule has 3 rings (SSSR count). The van der Waals surface area contributed by atoms with Gasteiger partial charge >= 0.3 is 11.9 Å². The second-order valence-corrected chi connectivity index (χ2v) is 7.13. The molecule has 0 radical (unpaired) electrons. The van der Waals surface area contributed by atoms with Gasteiger partial charge in [0.25, 0.3) is 11.6 Å². The van der Waals surface area contributed by atoms with Crippen LogP contribution in [0.1, 0.15) is 35.2 Å². The number of hydrogen-bond acceptors (Lipinski definition) is 7. The van der Waals surface area contributed by atoms with E-state index in [9.17, 15) is 29.6 Å². The first-order chi connectivity index (χ1) is 15.8. The van der Waals surface area contributed by atoms with Crippen molar-refractivity contribution in [3.63, 3.8) is 0 Å². The number of fused-ring (bicyclic) bond motifs is 1. The number of benzene rings is 2. The fraction of sp³-hybridized carbons (Fsp3) is 0.217. The maximum absolute atomic E-state index is 13.1. The van der Waals surface area contributed by atoms with Crippen LogP contribution in [0.15, 0.2) is 60.8 Å². The van der Waals surface area contributed by atoms with Crippen molar-refractivity contribution in [2.24, 2.45) is 0 Å². The van der Waals surface area contributed by atoms with Gasteiger partial charge in [-0.25, -0.2) is 4.79 Å². The number of non-ortho nitro benzene ring substituents is 1. The number of nitro benzene ring substituents is 1. The number of aromatic nitrogens is 1. The second kappa shape index (κ2) is 10.3. The lowest BCUT2D eigenvalue weighted by molar-refractivity contribution is -0.384. The van der Waals surface area contributed by atoms with Gasteiger partial charge in [0.05, 0.1) is 29.0 Å². The molecule has 2 N–H and O–H groups in total. The lowest BCUT2D eigenvalue weighted by Crippen LogP contribution is -2.45. The van der Waals surface area contributed by atoms with E-state index in [4.69, 9.17) is 4.74 Å². The summed E-state index contributed by atoms with van der Waals surface area (Å²) in [5, 5.41) is 23.9. The summed E-state index contributed by atoms with van der Waals surface area (Å²) in [7, 11) is 0. The highest BCUT2D eigenvalue weighted by Crippen LogP contribution is 2.27. The third-order valence-corrected chi connectivity index (χ3v) is 5.07. The van der Waals surface area contributed by atoms with E-state index in [2.05, 4.69) is 10.3 Å². The first kappa shape index (κ1) is 23.3. The van der Waals surface area contributed by atoms with Crippen molar-refractivity contribution < 1.29 is 29.2 Å². The van der Waals surface area contributed by atoms with E-state index in [1.165, 1.54) is 36.5 Å². The summed E-state index contributed by atoms with van der Waals surface area (Å²) < 4.78 is 4.97. The van der Waals surface area contributed by atoms with E-state index in [1.54, 1.807) is 31.2 Å². The molecule has 0 unspecified atom stereocenters. The summed E-state index contributed by atoms with van der Waals surface area (Å²) in [5.74, 6) is -3.71. The number of para-hydroxylation sites is 1. The van der Waals surface area contributed by atoms with Crippen LogP contribution in [0.4, 0.5) is 5.69 Å². The second-order valence-electron chi connectivity index (χ2n) is 7.13. The molecule has 10 heteroatoms. The fourth-order valence-corrected chi connectivity index (χ4v) is 3.52. The number of ether oxygens (including phenoxy) is 1. The minimum Gasteiger partial charge on any atom is -0.480 e. The zero-order valence-corrected chi connectivity index (χ0v) is 17.6. The van der Waals surface area contributed by atoms with Crippen LogP contribution in [0.2, 0.25) is 0 Å². The Morgan fingerprint density at radius 2 is 1.82 bits per heavy atom. The van der Waals surface area contributed by atoms with Crippen LogP contribution >= 0.6 is 0 Å². The number of carbonyl (C=O) groups excluding carboxylic acids is 2. The number of pyridine rings is 1. The first-order valence-corrected chi connectivity index (χ1v) is 10.1.